The molecule has 1 aromatic heterocycles. The van der Waals surface area contributed by atoms with Gasteiger partial charge < -0.3 is 5.11 Å². The molecule has 0 spiro atoms. The third-order valence-corrected chi connectivity index (χ3v) is 4.06. The van der Waals surface area contributed by atoms with Gasteiger partial charge in [0.25, 0.3) is 0 Å². The number of aliphatic hydroxyl groups excluding tert-OH is 1. The lowest BCUT2D eigenvalue weighted by Crippen LogP contribution is -1.99. The molecule has 1 nitrogen and oxygen atoms in total. The second-order valence-corrected chi connectivity index (χ2v) is 6.03. The zero-order chi connectivity index (χ0) is 11.5. The number of benzene rings is 1. The van der Waals surface area contributed by atoms with Gasteiger partial charge in [0.1, 0.15) is 0 Å². The largest absolute Gasteiger partial charge is 0.387 e. The zero-order valence-corrected chi connectivity index (χ0v) is 11.4. The third kappa shape index (κ3) is 2.94. The maximum Gasteiger partial charge on any atom is 0.0922 e. The summed E-state index contributed by atoms with van der Waals surface area (Å²) < 4.78 is 1.07. The predicted octanol–water partition coefficient (Wildman–Crippen LogP) is 4.10. The van der Waals surface area contributed by atoms with Gasteiger partial charge in [0.2, 0.25) is 0 Å². The van der Waals surface area contributed by atoms with Crippen LogP contribution in [0.1, 0.15) is 21.4 Å². The minimum absolute atomic E-state index is 0.389. The molecule has 1 aromatic carbocycles. The fourth-order valence-corrected chi connectivity index (χ4v) is 2.70. The number of rotatable bonds is 3. The van der Waals surface area contributed by atoms with Crippen LogP contribution in [-0.2, 0) is 6.42 Å². The van der Waals surface area contributed by atoms with E-state index in [-0.39, 0.29) is 6.10 Å². The molecule has 2 rings (SSSR count). The fourth-order valence-electron chi connectivity index (χ4n) is 1.58. The predicted molar refractivity (Wildman–Crippen MR) is 71.9 cm³/mol. The number of aryl methyl sites for hydroxylation is 1. The molecule has 0 aliphatic heterocycles. The quantitative estimate of drug-likeness (QED) is 0.904. The van der Waals surface area contributed by atoms with Crippen LogP contribution >= 0.6 is 27.3 Å². The van der Waals surface area contributed by atoms with Gasteiger partial charge in [-0.2, -0.15) is 0 Å². The van der Waals surface area contributed by atoms with Crippen molar-refractivity contribution in [2.45, 2.75) is 19.4 Å². The van der Waals surface area contributed by atoms with Gasteiger partial charge in [0, 0.05) is 20.6 Å². The molecule has 1 unspecified atom stereocenters. The first kappa shape index (κ1) is 11.8. The van der Waals surface area contributed by atoms with Gasteiger partial charge in [-0.3, -0.25) is 0 Å². The second-order valence-electron chi connectivity index (χ2n) is 3.79. The summed E-state index contributed by atoms with van der Waals surface area (Å²) in [6.45, 7) is 2.06. The second kappa shape index (κ2) is 5.13. The van der Waals surface area contributed by atoms with Crippen molar-refractivity contribution in [2.75, 3.05) is 0 Å². The Balaban J connectivity index is 2.07. The highest BCUT2D eigenvalue weighted by Crippen LogP contribution is 2.25. The lowest BCUT2D eigenvalue weighted by Gasteiger charge is -2.08. The van der Waals surface area contributed by atoms with Crippen molar-refractivity contribution < 1.29 is 5.11 Å². The Morgan fingerprint density at radius 2 is 1.88 bits per heavy atom. The van der Waals surface area contributed by atoms with Crippen molar-refractivity contribution in [1.82, 2.24) is 0 Å². The van der Waals surface area contributed by atoms with Crippen molar-refractivity contribution >= 4 is 27.3 Å². The molecule has 0 aliphatic rings. The lowest BCUT2D eigenvalue weighted by molar-refractivity contribution is 0.182. The Bertz CT molecular complexity index is 461. The molecule has 1 atom stereocenters. The van der Waals surface area contributed by atoms with Gasteiger partial charge in [0.05, 0.1) is 6.10 Å². The molecule has 3 heteroatoms. The minimum atomic E-state index is -0.389. The number of thiophene rings is 1. The Hall–Kier alpha value is -0.640. The van der Waals surface area contributed by atoms with Crippen LogP contribution in [0.3, 0.4) is 0 Å². The highest BCUT2D eigenvalue weighted by atomic mass is 79.9. The van der Waals surface area contributed by atoms with Gasteiger partial charge in [-0.25, -0.2) is 0 Å². The van der Waals surface area contributed by atoms with Crippen LogP contribution in [0, 0.1) is 6.92 Å². The molecule has 0 saturated carbocycles. The highest BCUT2D eigenvalue weighted by molar-refractivity contribution is 9.10. The summed E-state index contributed by atoms with van der Waals surface area (Å²) >= 11 is 5.06. The van der Waals surface area contributed by atoms with Crippen molar-refractivity contribution in [3.8, 4) is 0 Å². The molecular weight excluding hydrogens is 284 g/mol. The first-order chi connectivity index (χ1) is 7.65. The molecule has 0 bridgehead atoms. The normalized spacial score (nSPS) is 12.7. The summed E-state index contributed by atoms with van der Waals surface area (Å²) in [5.74, 6) is 0. The van der Waals surface area contributed by atoms with E-state index in [4.69, 9.17) is 0 Å². The average molecular weight is 297 g/mol. The summed E-state index contributed by atoms with van der Waals surface area (Å²) in [6.07, 6.45) is 0.285. The summed E-state index contributed by atoms with van der Waals surface area (Å²) in [4.78, 5) is 2.28. The third-order valence-electron chi connectivity index (χ3n) is 2.43. The van der Waals surface area contributed by atoms with Gasteiger partial charge in [-0.15, -0.1) is 11.3 Å². The van der Waals surface area contributed by atoms with Crippen LogP contribution in [-0.4, -0.2) is 5.11 Å². The Morgan fingerprint density at radius 3 is 2.44 bits per heavy atom. The molecule has 0 fully saturated rings. The van der Waals surface area contributed by atoms with Gasteiger partial charge >= 0.3 is 0 Å². The molecule has 16 heavy (non-hydrogen) atoms. The SMILES string of the molecule is Cc1ccc(C(O)Cc2ccc(Br)cc2)s1. The number of hydrogen-bond donors (Lipinski definition) is 1. The minimum Gasteiger partial charge on any atom is -0.387 e. The van der Waals surface area contributed by atoms with E-state index in [1.165, 1.54) is 4.88 Å². The summed E-state index contributed by atoms with van der Waals surface area (Å²) in [6, 6.07) is 12.1. The molecule has 0 amide bonds. The number of halogens is 1. The van der Waals surface area contributed by atoms with E-state index in [0.29, 0.717) is 6.42 Å². The van der Waals surface area contributed by atoms with E-state index in [1.807, 2.05) is 36.4 Å². The van der Waals surface area contributed by atoms with E-state index < -0.39 is 0 Å². The highest BCUT2D eigenvalue weighted by Gasteiger charge is 2.10. The van der Waals surface area contributed by atoms with Crippen molar-refractivity contribution in [3.63, 3.8) is 0 Å². The standard InChI is InChI=1S/C13H13BrOS/c1-9-2-7-13(16-9)12(15)8-10-3-5-11(14)6-4-10/h2-7,12,15H,8H2,1H3. The molecule has 2 aromatic rings. The van der Waals surface area contributed by atoms with Crippen LogP contribution in [0.25, 0.3) is 0 Å². The Labute approximate surface area is 108 Å². The van der Waals surface area contributed by atoms with Crippen LogP contribution in [0.4, 0.5) is 0 Å². The maximum absolute atomic E-state index is 10.1. The monoisotopic (exact) mass is 296 g/mol. The van der Waals surface area contributed by atoms with Crippen LogP contribution < -0.4 is 0 Å². The zero-order valence-electron chi connectivity index (χ0n) is 8.98. The van der Waals surface area contributed by atoms with E-state index in [9.17, 15) is 5.11 Å². The first-order valence-electron chi connectivity index (χ1n) is 5.14. The molecule has 84 valence electrons. The van der Waals surface area contributed by atoms with Crippen LogP contribution in [0.5, 0.6) is 0 Å². The van der Waals surface area contributed by atoms with E-state index in [1.54, 1.807) is 11.3 Å². The van der Waals surface area contributed by atoms with Gasteiger partial charge in [0.15, 0.2) is 0 Å². The maximum atomic E-state index is 10.1. The topological polar surface area (TPSA) is 20.2 Å². The molecule has 0 radical (unpaired) electrons. The molecular formula is C13H13BrOS. The summed E-state index contributed by atoms with van der Waals surface area (Å²) in [5.41, 5.74) is 1.15. The van der Waals surface area contributed by atoms with E-state index >= 15 is 0 Å². The molecule has 0 saturated heterocycles. The van der Waals surface area contributed by atoms with E-state index in [0.717, 1.165) is 14.9 Å². The molecule has 1 heterocycles. The van der Waals surface area contributed by atoms with Crippen molar-refractivity contribution in [1.29, 1.82) is 0 Å². The van der Waals surface area contributed by atoms with Crippen molar-refractivity contribution in [3.05, 3.63) is 56.2 Å². The van der Waals surface area contributed by atoms with Crippen molar-refractivity contribution in [2.24, 2.45) is 0 Å². The van der Waals surface area contributed by atoms with Crippen LogP contribution in [0.15, 0.2) is 40.9 Å². The first-order valence-corrected chi connectivity index (χ1v) is 6.75. The summed E-state index contributed by atoms with van der Waals surface area (Å²) in [7, 11) is 0. The van der Waals surface area contributed by atoms with Gasteiger partial charge in [-0.05, 0) is 36.8 Å². The lowest BCUT2D eigenvalue weighted by atomic mass is 10.1. The number of hydrogen-bond acceptors (Lipinski definition) is 2. The van der Waals surface area contributed by atoms with E-state index in [2.05, 4.69) is 22.9 Å². The number of aliphatic hydroxyl groups is 1. The summed E-state index contributed by atoms with van der Waals surface area (Å²) in [5, 5.41) is 10.1. The smallest absolute Gasteiger partial charge is 0.0922 e. The van der Waals surface area contributed by atoms with Crippen LogP contribution in [0.2, 0.25) is 0 Å². The Morgan fingerprint density at radius 1 is 1.19 bits per heavy atom. The molecule has 0 aliphatic carbocycles. The Kier molecular flexibility index (Phi) is 3.79. The fraction of sp³-hybridized carbons (Fsp3) is 0.231. The van der Waals surface area contributed by atoms with Gasteiger partial charge in [-0.1, -0.05) is 28.1 Å². The average Bonchev–Trinajstić information content (AvgIpc) is 2.68. The molecule has 1 N–H and O–H groups in total.